The minimum absolute atomic E-state index is 0.0296. The Morgan fingerprint density at radius 3 is 2.06 bits per heavy atom. The van der Waals surface area contributed by atoms with Gasteiger partial charge in [-0.25, -0.2) is 0 Å². The highest BCUT2D eigenvalue weighted by atomic mass is 16.2. The van der Waals surface area contributed by atoms with E-state index in [-0.39, 0.29) is 17.7 Å². The summed E-state index contributed by atoms with van der Waals surface area (Å²) in [6.45, 7) is 9.30. The highest BCUT2D eigenvalue weighted by Crippen LogP contribution is 2.68. The Kier molecular flexibility index (Phi) is 2.52. The molecule has 2 aliphatic carbocycles. The normalized spacial score (nSPS) is 37.4. The van der Waals surface area contributed by atoms with Gasteiger partial charge in [0.15, 0.2) is 0 Å². The van der Waals surface area contributed by atoms with Gasteiger partial charge < -0.3 is 5.32 Å². The molecule has 0 spiro atoms. The number of carbonyl (C=O) groups is 3. The van der Waals surface area contributed by atoms with Gasteiger partial charge in [-0.2, -0.15) is 0 Å². The maximum atomic E-state index is 12.5. The van der Waals surface area contributed by atoms with Gasteiger partial charge in [-0.3, -0.25) is 14.4 Å². The molecule has 2 saturated carbocycles. The summed E-state index contributed by atoms with van der Waals surface area (Å²) >= 11 is 0. The smallest absolute Gasteiger partial charge is 0.234 e. The maximum Gasteiger partial charge on any atom is 0.234 e. The molecule has 1 N–H and O–H groups in total. The van der Waals surface area contributed by atoms with Crippen molar-refractivity contribution < 1.29 is 14.4 Å². The number of Topliss-reactive ketones (excluding diaryl/α,β-unsaturated/α-hetero) is 2. The second-order valence-corrected chi connectivity index (χ2v) is 6.65. The zero-order valence-electron chi connectivity index (χ0n) is 11.7. The maximum absolute atomic E-state index is 12.5. The molecule has 0 aromatic carbocycles. The summed E-state index contributed by atoms with van der Waals surface area (Å²) in [7, 11) is 0. The van der Waals surface area contributed by atoms with Crippen LogP contribution in [0.15, 0.2) is 0 Å². The first-order valence-electron chi connectivity index (χ1n) is 6.51. The third-order valence-corrected chi connectivity index (χ3v) is 5.35. The first kappa shape index (κ1) is 13.2. The minimum atomic E-state index is -1.15. The van der Waals surface area contributed by atoms with Gasteiger partial charge in [0, 0.05) is 11.5 Å². The zero-order chi connectivity index (χ0) is 13.9. The first-order valence-corrected chi connectivity index (χ1v) is 6.51. The molecule has 0 aromatic heterocycles. The Balaban J connectivity index is 2.53. The van der Waals surface area contributed by atoms with Crippen LogP contribution in [0.1, 0.15) is 47.5 Å². The Labute approximate surface area is 108 Å². The van der Waals surface area contributed by atoms with E-state index in [1.165, 1.54) is 0 Å². The standard InChI is InChI=1S/C14H21NO3/c1-8(2)15-11(18)14-7-6-13(5,12(14,3)4)9(16)10(14)17/h8H,6-7H2,1-5H3,(H,15,18). The van der Waals surface area contributed by atoms with Crippen LogP contribution in [0.25, 0.3) is 0 Å². The van der Waals surface area contributed by atoms with E-state index in [0.717, 1.165) is 0 Å². The number of fused-ring (bicyclic) bond motifs is 2. The van der Waals surface area contributed by atoms with Gasteiger partial charge in [0.1, 0.15) is 5.41 Å². The molecule has 1 amide bonds. The summed E-state index contributed by atoms with van der Waals surface area (Å²) in [5.74, 6) is -1.13. The van der Waals surface area contributed by atoms with E-state index in [1.54, 1.807) is 0 Å². The van der Waals surface area contributed by atoms with Crippen molar-refractivity contribution in [1.82, 2.24) is 5.32 Å². The fourth-order valence-electron chi connectivity index (χ4n) is 3.66. The Morgan fingerprint density at radius 1 is 1.11 bits per heavy atom. The SMILES string of the molecule is CC(C)NC(=O)C12CCC(C)(C(=O)C1=O)C2(C)C. The molecule has 0 aromatic rings. The summed E-state index contributed by atoms with van der Waals surface area (Å²) in [6, 6.07) is -0.0296. The van der Waals surface area contributed by atoms with Gasteiger partial charge >= 0.3 is 0 Å². The molecule has 2 bridgehead atoms. The summed E-state index contributed by atoms with van der Waals surface area (Å²) in [6.07, 6.45) is 1.11. The van der Waals surface area contributed by atoms with Crippen molar-refractivity contribution in [2.24, 2.45) is 16.2 Å². The number of amides is 1. The molecule has 0 saturated heterocycles. The van der Waals surface area contributed by atoms with E-state index in [9.17, 15) is 14.4 Å². The van der Waals surface area contributed by atoms with Crippen molar-refractivity contribution in [3.8, 4) is 0 Å². The second kappa shape index (κ2) is 3.43. The minimum Gasteiger partial charge on any atom is -0.353 e. The van der Waals surface area contributed by atoms with Crippen molar-refractivity contribution in [2.45, 2.75) is 53.5 Å². The second-order valence-electron chi connectivity index (χ2n) is 6.65. The van der Waals surface area contributed by atoms with Crippen molar-refractivity contribution in [1.29, 1.82) is 0 Å². The molecule has 18 heavy (non-hydrogen) atoms. The van der Waals surface area contributed by atoms with Crippen molar-refractivity contribution in [3.05, 3.63) is 0 Å². The number of rotatable bonds is 2. The molecule has 0 heterocycles. The lowest BCUT2D eigenvalue weighted by Crippen LogP contribution is -2.52. The lowest BCUT2D eigenvalue weighted by atomic mass is 9.64. The third-order valence-electron chi connectivity index (χ3n) is 5.35. The largest absolute Gasteiger partial charge is 0.353 e. The van der Waals surface area contributed by atoms with Crippen LogP contribution >= 0.6 is 0 Å². The summed E-state index contributed by atoms with van der Waals surface area (Å²) < 4.78 is 0. The first-order chi connectivity index (χ1) is 8.11. The average molecular weight is 251 g/mol. The van der Waals surface area contributed by atoms with Gasteiger partial charge in [0.2, 0.25) is 17.5 Å². The predicted octanol–water partition coefficient (Wildman–Crippen LogP) is 1.48. The topological polar surface area (TPSA) is 63.2 Å². The van der Waals surface area contributed by atoms with Crippen LogP contribution in [0.2, 0.25) is 0 Å². The van der Waals surface area contributed by atoms with Crippen molar-refractivity contribution in [3.63, 3.8) is 0 Å². The van der Waals surface area contributed by atoms with Gasteiger partial charge in [0.25, 0.3) is 0 Å². The van der Waals surface area contributed by atoms with E-state index < -0.39 is 22.0 Å². The van der Waals surface area contributed by atoms with Gasteiger partial charge in [-0.15, -0.1) is 0 Å². The Morgan fingerprint density at radius 2 is 1.67 bits per heavy atom. The highest BCUT2D eigenvalue weighted by molar-refractivity contribution is 6.48. The van der Waals surface area contributed by atoms with Crippen LogP contribution in [0.5, 0.6) is 0 Å². The quantitative estimate of drug-likeness (QED) is 0.597. The van der Waals surface area contributed by atoms with Gasteiger partial charge in [-0.1, -0.05) is 20.8 Å². The number of hydrogen-bond acceptors (Lipinski definition) is 3. The molecular weight excluding hydrogens is 230 g/mol. The van der Waals surface area contributed by atoms with Crippen LogP contribution in [-0.2, 0) is 14.4 Å². The highest BCUT2D eigenvalue weighted by Gasteiger charge is 2.77. The molecule has 100 valence electrons. The number of hydrogen-bond donors (Lipinski definition) is 1. The van der Waals surface area contributed by atoms with E-state index in [2.05, 4.69) is 5.32 Å². The molecule has 2 atom stereocenters. The molecule has 2 aliphatic rings. The van der Waals surface area contributed by atoms with E-state index in [1.807, 2.05) is 34.6 Å². The molecule has 2 rings (SSSR count). The van der Waals surface area contributed by atoms with Crippen LogP contribution < -0.4 is 5.32 Å². The lowest BCUT2D eigenvalue weighted by molar-refractivity contribution is -0.149. The fourth-order valence-corrected chi connectivity index (χ4v) is 3.66. The van der Waals surface area contributed by atoms with Crippen LogP contribution in [0, 0.1) is 16.2 Å². The van der Waals surface area contributed by atoms with Gasteiger partial charge in [0.05, 0.1) is 0 Å². The lowest BCUT2D eigenvalue weighted by Gasteiger charge is -2.37. The van der Waals surface area contributed by atoms with Gasteiger partial charge in [-0.05, 0) is 32.1 Å². The summed E-state index contributed by atoms with van der Waals surface area (Å²) in [5.41, 5.74) is -2.44. The van der Waals surface area contributed by atoms with Crippen LogP contribution in [0.3, 0.4) is 0 Å². The van der Waals surface area contributed by atoms with E-state index in [4.69, 9.17) is 0 Å². The third kappa shape index (κ3) is 1.14. The Bertz CT molecular complexity index is 452. The molecular formula is C14H21NO3. The number of carbonyl (C=O) groups excluding carboxylic acids is 3. The molecule has 2 unspecified atom stereocenters. The van der Waals surface area contributed by atoms with Crippen LogP contribution in [-0.4, -0.2) is 23.5 Å². The summed E-state index contributed by atoms with van der Waals surface area (Å²) in [4.78, 5) is 37.0. The Hall–Kier alpha value is -1.19. The number of nitrogens with one attached hydrogen (secondary N) is 1. The number of ketones is 2. The predicted molar refractivity (Wildman–Crippen MR) is 66.8 cm³/mol. The summed E-state index contributed by atoms with van der Waals surface area (Å²) in [5, 5.41) is 2.81. The molecule has 2 fully saturated rings. The average Bonchev–Trinajstić information content (AvgIpc) is 2.51. The molecule has 4 nitrogen and oxygen atoms in total. The zero-order valence-corrected chi connectivity index (χ0v) is 11.7. The monoisotopic (exact) mass is 251 g/mol. The van der Waals surface area contributed by atoms with Crippen LogP contribution in [0.4, 0.5) is 0 Å². The molecule has 4 heteroatoms. The van der Waals surface area contributed by atoms with E-state index in [0.29, 0.717) is 12.8 Å². The van der Waals surface area contributed by atoms with Crippen molar-refractivity contribution in [2.75, 3.05) is 0 Å². The molecule has 0 aliphatic heterocycles. The van der Waals surface area contributed by atoms with Crippen molar-refractivity contribution >= 4 is 17.5 Å². The van der Waals surface area contributed by atoms with E-state index >= 15 is 0 Å². The molecule has 0 radical (unpaired) electrons. The fraction of sp³-hybridized carbons (Fsp3) is 0.786.